The Bertz CT molecular complexity index is 1730. The molecule has 8 nitrogen and oxygen atoms in total. The van der Waals surface area contributed by atoms with Crippen molar-refractivity contribution in [3.05, 3.63) is 106 Å². The molecule has 0 aliphatic heterocycles. The summed E-state index contributed by atoms with van der Waals surface area (Å²) < 4.78 is 5.91. The number of halogens is 2. The Morgan fingerprint density at radius 3 is 2.19 bits per heavy atom. The number of rotatable bonds is 8. The van der Waals surface area contributed by atoms with Gasteiger partial charge in [0.1, 0.15) is 5.52 Å². The number of benzene rings is 4. The van der Waals surface area contributed by atoms with Crippen LogP contribution in [0, 0.1) is 0 Å². The highest BCUT2D eigenvalue weighted by Crippen LogP contribution is 2.28. The van der Waals surface area contributed by atoms with Gasteiger partial charge in [-0.05, 0) is 86.6 Å². The van der Waals surface area contributed by atoms with Crippen molar-refractivity contribution >= 4 is 63.2 Å². The molecular weight excluding hydrogens is 585 g/mol. The van der Waals surface area contributed by atoms with Crippen LogP contribution in [0.1, 0.15) is 34.6 Å². The molecule has 0 aliphatic rings. The Morgan fingerprint density at radius 2 is 1.58 bits per heavy atom. The first-order valence-electron chi connectivity index (χ1n) is 13.7. The number of oxazole rings is 1. The number of hydrogen-bond acceptors (Lipinski definition) is 6. The molecule has 1 heterocycles. The molecule has 2 amide bonds. The van der Waals surface area contributed by atoms with Gasteiger partial charge in [0.2, 0.25) is 5.89 Å². The Morgan fingerprint density at radius 1 is 0.884 bits per heavy atom. The highest BCUT2D eigenvalue weighted by Gasteiger charge is 2.13. The number of hydrogen-bond donors (Lipinski definition) is 2. The Balaban J connectivity index is 0.000000296. The molecule has 0 aliphatic carbocycles. The van der Waals surface area contributed by atoms with E-state index < -0.39 is 0 Å². The summed E-state index contributed by atoms with van der Waals surface area (Å²) in [7, 11) is 3.75. The average Bonchev–Trinajstić information content (AvgIpc) is 3.43. The second-order valence-corrected chi connectivity index (χ2v) is 10.6. The minimum Gasteiger partial charge on any atom is -0.436 e. The first-order chi connectivity index (χ1) is 20.6. The topological polar surface area (TPSA) is 105 Å². The summed E-state index contributed by atoms with van der Waals surface area (Å²) in [5.74, 6) is -0.137. The van der Waals surface area contributed by atoms with Crippen LogP contribution in [0.25, 0.3) is 22.6 Å². The first-order valence-corrected chi connectivity index (χ1v) is 14.4. The fourth-order valence-corrected chi connectivity index (χ4v) is 4.74. The highest BCUT2D eigenvalue weighted by atomic mass is 35.5. The standard InChI is InChI=1S/C24H21Cl2N3O2.C9H12N2O/c1-3-29(4-2)18-9-5-15(6-10-18)24-28-21-14-17(8-12-22(21)31-24)27-23(30)16-7-11-19(25)20(26)13-16;1-11(2)8-6-4-3-5-7(8)9(10)12/h5-14H,3-4H2,1-2H3,(H,27,30);3-6H,1-2H3,(H2,10,12). The Hall–Kier alpha value is -4.53. The zero-order valence-electron chi connectivity index (χ0n) is 24.4. The number of anilines is 3. The van der Waals surface area contributed by atoms with Crippen molar-refractivity contribution in [2.75, 3.05) is 42.3 Å². The summed E-state index contributed by atoms with van der Waals surface area (Å²) in [6.07, 6.45) is 0. The van der Waals surface area contributed by atoms with Crippen molar-refractivity contribution in [2.24, 2.45) is 5.73 Å². The average molecular weight is 619 g/mol. The van der Waals surface area contributed by atoms with Crippen molar-refractivity contribution < 1.29 is 14.0 Å². The predicted molar refractivity (Wildman–Crippen MR) is 177 cm³/mol. The van der Waals surface area contributed by atoms with Crippen LogP contribution in [0.2, 0.25) is 10.0 Å². The summed E-state index contributed by atoms with van der Waals surface area (Å²) in [5, 5.41) is 3.59. The molecule has 0 fully saturated rings. The highest BCUT2D eigenvalue weighted by molar-refractivity contribution is 6.42. The third-order valence-electron chi connectivity index (χ3n) is 6.72. The van der Waals surface area contributed by atoms with Crippen LogP contribution in [0.5, 0.6) is 0 Å². The van der Waals surface area contributed by atoms with Gasteiger partial charge in [0.05, 0.1) is 15.6 Å². The van der Waals surface area contributed by atoms with Crippen molar-refractivity contribution in [2.45, 2.75) is 13.8 Å². The number of nitrogens with zero attached hydrogens (tertiary/aromatic N) is 3. The van der Waals surface area contributed by atoms with Crippen molar-refractivity contribution in [3.63, 3.8) is 0 Å². The Kier molecular flexibility index (Phi) is 10.3. The number of carbonyl (C=O) groups is 2. The number of amides is 2. The normalized spacial score (nSPS) is 10.6. The number of carbonyl (C=O) groups excluding carboxylic acids is 2. The van der Waals surface area contributed by atoms with Crippen LogP contribution < -0.4 is 20.9 Å². The number of nitrogens with two attached hydrogens (primary N) is 1. The molecule has 0 atom stereocenters. The SMILES string of the molecule is CCN(CC)c1ccc(-c2nc3cc(NC(=O)c4ccc(Cl)c(Cl)c4)ccc3o2)cc1.CN(C)c1ccccc1C(N)=O. The fourth-order valence-electron chi connectivity index (χ4n) is 4.44. The van der Waals surface area contributed by atoms with E-state index in [0.717, 1.165) is 30.0 Å². The van der Waals surface area contributed by atoms with Crippen LogP contribution >= 0.6 is 23.2 Å². The molecule has 222 valence electrons. The van der Waals surface area contributed by atoms with Gasteiger partial charge in [-0.25, -0.2) is 4.98 Å². The lowest BCUT2D eigenvalue weighted by molar-refractivity contribution is 0.0998. The van der Waals surface area contributed by atoms with Gasteiger partial charge in [-0.3, -0.25) is 9.59 Å². The van der Waals surface area contributed by atoms with Gasteiger partial charge in [-0.2, -0.15) is 0 Å². The summed E-state index contributed by atoms with van der Waals surface area (Å²) >= 11 is 11.9. The molecule has 43 heavy (non-hydrogen) atoms. The summed E-state index contributed by atoms with van der Waals surface area (Å²) in [5.41, 5.74) is 11.0. The number of nitrogens with one attached hydrogen (secondary N) is 1. The molecule has 0 saturated carbocycles. The molecule has 5 rings (SSSR count). The van der Waals surface area contributed by atoms with Gasteiger partial charge >= 0.3 is 0 Å². The maximum absolute atomic E-state index is 12.5. The molecule has 0 spiro atoms. The van der Waals surface area contributed by atoms with E-state index in [2.05, 4.69) is 41.2 Å². The van der Waals surface area contributed by atoms with Gasteiger partial charge < -0.3 is 25.3 Å². The van der Waals surface area contributed by atoms with E-state index >= 15 is 0 Å². The molecule has 0 bridgehead atoms. The number of para-hydroxylation sites is 1. The maximum atomic E-state index is 12.5. The van der Waals surface area contributed by atoms with E-state index in [0.29, 0.717) is 43.9 Å². The van der Waals surface area contributed by atoms with Crippen molar-refractivity contribution in [1.82, 2.24) is 4.98 Å². The van der Waals surface area contributed by atoms with Gasteiger partial charge in [0.25, 0.3) is 11.8 Å². The van der Waals surface area contributed by atoms with Crippen LogP contribution in [-0.2, 0) is 0 Å². The second-order valence-electron chi connectivity index (χ2n) is 9.78. The zero-order valence-corrected chi connectivity index (χ0v) is 25.9. The predicted octanol–water partition coefficient (Wildman–Crippen LogP) is 7.75. The van der Waals surface area contributed by atoms with Crippen LogP contribution in [-0.4, -0.2) is 44.0 Å². The molecular formula is C33H33Cl2N5O3. The number of aromatic nitrogens is 1. The smallest absolute Gasteiger partial charge is 0.255 e. The lowest BCUT2D eigenvalue weighted by Crippen LogP contribution is -2.21. The molecule has 0 unspecified atom stereocenters. The third-order valence-corrected chi connectivity index (χ3v) is 7.46. The zero-order chi connectivity index (χ0) is 31.1. The summed E-state index contributed by atoms with van der Waals surface area (Å²) in [4.78, 5) is 32.2. The van der Waals surface area contributed by atoms with Gasteiger partial charge in [0.15, 0.2) is 5.58 Å². The van der Waals surface area contributed by atoms with Crippen molar-refractivity contribution in [1.29, 1.82) is 0 Å². The first kappa shape index (κ1) is 31.4. The van der Waals surface area contributed by atoms with Crippen molar-refractivity contribution in [3.8, 4) is 11.5 Å². The molecule has 5 aromatic rings. The molecule has 10 heteroatoms. The number of primary amides is 1. The lowest BCUT2D eigenvalue weighted by atomic mass is 10.1. The minimum atomic E-state index is -0.390. The molecule has 1 aromatic heterocycles. The van der Waals surface area contributed by atoms with Crippen LogP contribution in [0.15, 0.2) is 89.3 Å². The lowest BCUT2D eigenvalue weighted by Gasteiger charge is -2.20. The van der Waals surface area contributed by atoms with Gasteiger partial charge in [-0.15, -0.1) is 0 Å². The quantitative estimate of drug-likeness (QED) is 0.184. The minimum absolute atomic E-state index is 0.284. The largest absolute Gasteiger partial charge is 0.436 e. The summed E-state index contributed by atoms with van der Waals surface area (Å²) in [6.45, 7) is 6.18. The molecule has 3 N–H and O–H groups in total. The second kappa shape index (κ2) is 14.1. The molecule has 0 saturated heterocycles. The van der Waals surface area contributed by atoms with E-state index in [1.807, 2.05) is 43.3 Å². The van der Waals surface area contributed by atoms with Gasteiger partial charge in [-0.1, -0.05) is 35.3 Å². The van der Waals surface area contributed by atoms with Gasteiger partial charge in [0, 0.05) is 55.4 Å². The maximum Gasteiger partial charge on any atom is 0.255 e. The van der Waals surface area contributed by atoms with Crippen LogP contribution in [0.3, 0.4) is 0 Å². The van der Waals surface area contributed by atoms with E-state index in [1.165, 1.54) is 6.07 Å². The third kappa shape index (κ3) is 7.66. The van der Waals surface area contributed by atoms with Crippen LogP contribution in [0.4, 0.5) is 17.1 Å². The molecule has 4 aromatic carbocycles. The molecule has 0 radical (unpaired) electrons. The Labute approximate surface area is 261 Å². The fraction of sp³-hybridized carbons (Fsp3) is 0.182. The monoisotopic (exact) mass is 617 g/mol. The van der Waals surface area contributed by atoms with E-state index in [-0.39, 0.29) is 11.8 Å². The summed E-state index contributed by atoms with van der Waals surface area (Å²) in [6, 6.07) is 25.5. The van der Waals surface area contributed by atoms with E-state index in [1.54, 1.807) is 42.5 Å². The van der Waals surface area contributed by atoms with E-state index in [9.17, 15) is 9.59 Å². The van der Waals surface area contributed by atoms with E-state index in [4.69, 9.17) is 33.4 Å². The number of fused-ring (bicyclic) bond motifs is 1.